The second-order valence-electron chi connectivity index (χ2n) is 6.28. The lowest BCUT2D eigenvalue weighted by Gasteiger charge is -2.08. The zero-order chi connectivity index (χ0) is 16.4. The number of rotatable bonds is 9. The molecule has 1 aromatic rings. The highest BCUT2D eigenvalue weighted by atomic mass is 16.5. The van der Waals surface area contributed by atoms with Crippen molar-refractivity contribution in [2.24, 2.45) is 11.8 Å². The fourth-order valence-corrected chi connectivity index (χ4v) is 1.70. The summed E-state index contributed by atoms with van der Waals surface area (Å²) in [5, 5.41) is 0. The Morgan fingerprint density at radius 2 is 1.59 bits per heavy atom. The molecule has 0 fully saturated rings. The molecule has 0 aliphatic carbocycles. The Morgan fingerprint density at radius 3 is 2.18 bits per heavy atom. The molecule has 1 rings (SSSR count). The Morgan fingerprint density at radius 1 is 1.00 bits per heavy atom. The second kappa shape index (κ2) is 10.0. The molecule has 0 heterocycles. The fourth-order valence-electron chi connectivity index (χ4n) is 1.70. The number of hydrogen-bond acceptors (Lipinski definition) is 3. The molecule has 0 saturated carbocycles. The van der Waals surface area contributed by atoms with Crippen molar-refractivity contribution < 1.29 is 14.3 Å². The van der Waals surface area contributed by atoms with Crippen LogP contribution in [0.5, 0.6) is 5.75 Å². The molecular weight excluding hydrogens is 276 g/mol. The third-order valence-electron chi connectivity index (χ3n) is 3.20. The van der Waals surface area contributed by atoms with Crippen molar-refractivity contribution >= 4 is 12.0 Å². The Bertz CT molecular complexity index is 458. The van der Waals surface area contributed by atoms with Gasteiger partial charge in [-0.25, -0.2) is 4.79 Å². The van der Waals surface area contributed by atoms with Crippen LogP contribution in [0.1, 0.15) is 46.1 Å². The highest BCUT2D eigenvalue weighted by molar-refractivity contribution is 5.87. The zero-order valence-corrected chi connectivity index (χ0v) is 14.2. The molecule has 0 aliphatic heterocycles. The summed E-state index contributed by atoms with van der Waals surface area (Å²) >= 11 is 0. The highest BCUT2D eigenvalue weighted by Crippen LogP contribution is 2.14. The normalized spacial score (nSPS) is 11.4. The van der Waals surface area contributed by atoms with Crippen LogP contribution in [0.4, 0.5) is 0 Å². The van der Waals surface area contributed by atoms with Gasteiger partial charge in [0.2, 0.25) is 0 Å². The van der Waals surface area contributed by atoms with Crippen LogP contribution in [-0.4, -0.2) is 19.2 Å². The van der Waals surface area contributed by atoms with Crippen molar-refractivity contribution in [2.45, 2.75) is 40.5 Å². The average molecular weight is 304 g/mol. The van der Waals surface area contributed by atoms with Crippen molar-refractivity contribution in [1.82, 2.24) is 0 Å². The Kier molecular flexibility index (Phi) is 8.34. The highest BCUT2D eigenvalue weighted by Gasteiger charge is 2.00. The summed E-state index contributed by atoms with van der Waals surface area (Å²) in [5.41, 5.74) is 0.956. The van der Waals surface area contributed by atoms with E-state index in [0.717, 1.165) is 30.8 Å². The predicted molar refractivity (Wildman–Crippen MR) is 90.8 cm³/mol. The van der Waals surface area contributed by atoms with E-state index < -0.39 is 0 Å². The molecule has 0 atom stereocenters. The van der Waals surface area contributed by atoms with Crippen LogP contribution in [0.2, 0.25) is 0 Å². The lowest BCUT2D eigenvalue weighted by atomic mass is 10.1. The Hall–Kier alpha value is -1.77. The van der Waals surface area contributed by atoms with Gasteiger partial charge in [0, 0.05) is 6.08 Å². The summed E-state index contributed by atoms with van der Waals surface area (Å²) in [6, 6.07) is 7.71. The first kappa shape index (κ1) is 18.3. The second-order valence-corrected chi connectivity index (χ2v) is 6.28. The lowest BCUT2D eigenvalue weighted by Crippen LogP contribution is -2.04. The third kappa shape index (κ3) is 8.50. The van der Waals surface area contributed by atoms with E-state index in [4.69, 9.17) is 9.47 Å². The van der Waals surface area contributed by atoms with Gasteiger partial charge >= 0.3 is 5.97 Å². The van der Waals surface area contributed by atoms with Crippen molar-refractivity contribution in [3.05, 3.63) is 35.9 Å². The SMILES string of the molecule is CC(C)CCOC(=O)/C=C/c1ccc(OCCC(C)C)cc1. The number of ether oxygens (including phenoxy) is 2. The standard InChI is InChI=1S/C19H28O3/c1-15(2)11-13-21-18-8-5-17(6-9-18)7-10-19(20)22-14-12-16(3)4/h5-10,15-16H,11-14H2,1-4H3/b10-7+. The maximum atomic E-state index is 11.5. The molecule has 0 saturated heterocycles. The van der Waals surface area contributed by atoms with Gasteiger partial charge in [-0.15, -0.1) is 0 Å². The lowest BCUT2D eigenvalue weighted by molar-refractivity contribution is -0.137. The predicted octanol–water partition coefficient (Wildman–Crippen LogP) is 4.71. The van der Waals surface area contributed by atoms with Crippen LogP contribution in [-0.2, 0) is 9.53 Å². The van der Waals surface area contributed by atoms with Gasteiger partial charge in [0.1, 0.15) is 5.75 Å². The van der Waals surface area contributed by atoms with Gasteiger partial charge in [-0.05, 0) is 48.4 Å². The number of hydrogen-bond donors (Lipinski definition) is 0. The summed E-state index contributed by atoms with van der Waals surface area (Å²) in [4.78, 5) is 11.5. The van der Waals surface area contributed by atoms with Gasteiger partial charge in [0.15, 0.2) is 0 Å². The molecule has 0 radical (unpaired) electrons. The molecule has 0 N–H and O–H groups in total. The summed E-state index contributed by atoms with van der Waals surface area (Å²) in [6.07, 6.45) is 5.16. The van der Waals surface area contributed by atoms with Gasteiger partial charge in [-0.2, -0.15) is 0 Å². The largest absolute Gasteiger partial charge is 0.494 e. The minimum atomic E-state index is -0.294. The number of benzene rings is 1. The van der Waals surface area contributed by atoms with Crippen LogP contribution in [0.15, 0.2) is 30.3 Å². The first-order valence-electron chi connectivity index (χ1n) is 8.05. The van der Waals surface area contributed by atoms with E-state index in [2.05, 4.69) is 27.7 Å². The van der Waals surface area contributed by atoms with Crippen LogP contribution in [0.3, 0.4) is 0 Å². The maximum Gasteiger partial charge on any atom is 0.330 e. The maximum absolute atomic E-state index is 11.5. The van der Waals surface area contributed by atoms with E-state index in [1.54, 1.807) is 6.08 Å². The molecule has 122 valence electrons. The molecule has 0 aliphatic rings. The summed E-state index contributed by atoms with van der Waals surface area (Å²) in [6.45, 7) is 9.77. The molecule has 0 spiro atoms. The first-order chi connectivity index (χ1) is 10.5. The van der Waals surface area contributed by atoms with E-state index in [-0.39, 0.29) is 5.97 Å². The van der Waals surface area contributed by atoms with Crippen LogP contribution in [0.25, 0.3) is 6.08 Å². The van der Waals surface area contributed by atoms with Crippen molar-refractivity contribution in [1.29, 1.82) is 0 Å². The van der Waals surface area contributed by atoms with Crippen LogP contribution in [0, 0.1) is 11.8 Å². The monoisotopic (exact) mass is 304 g/mol. The minimum absolute atomic E-state index is 0.294. The topological polar surface area (TPSA) is 35.5 Å². The number of esters is 1. The van der Waals surface area contributed by atoms with Gasteiger partial charge in [-0.3, -0.25) is 0 Å². The summed E-state index contributed by atoms with van der Waals surface area (Å²) in [5.74, 6) is 1.75. The molecule has 1 aromatic carbocycles. The van der Waals surface area contributed by atoms with E-state index in [9.17, 15) is 4.79 Å². The quantitative estimate of drug-likeness (QED) is 0.489. The van der Waals surface area contributed by atoms with Crippen LogP contribution >= 0.6 is 0 Å². The zero-order valence-electron chi connectivity index (χ0n) is 14.2. The Balaban J connectivity index is 2.36. The van der Waals surface area contributed by atoms with Gasteiger partial charge in [0.25, 0.3) is 0 Å². The summed E-state index contributed by atoms with van der Waals surface area (Å²) < 4.78 is 10.8. The Labute approximate surface area is 134 Å². The molecule has 22 heavy (non-hydrogen) atoms. The van der Waals surface area contributed by atoms with E-state index in [0.29, 0.717) is 18.4 Å². The van der Waals surface area contributed by atoms with Gasteiger partial charge in [-0.1, -0.05) is 39.8 Å². The van der Waals surface area contributed by atoms with Crippen molar-refractivity contribution in [2.75, 3.05) is 13.2 Å². The molecule has 0 aromatic heterocycles. The van der Waals surface area contributed by atoms with Gasteiger partial charge < -0.3 is 9.47 Å². The average Bonchev–Trinajstić information content (AvgIpc) is 2.45. The van der Waals surface area contributed by atoms with Gasteiger partial charge in [0.05, 0.1) is 13.2 Å². The molecule has 3 heteroatoms. The summed E-state index contributed by atoms with van der Waals surface area (Å²) in [7, 11) is 0. The van der Waals surface area contributed by atoms with E-state index in [1.165, 1.54) is 6.08 Å². The third-order valence-corrected chi connectivity index (χ3v) is 3.20. The smallest absolute Gasteiger partial charge is 0.330 e. The molecule has 0 amide bonds. The molecule has 3 nitrogen and oxygen atoms in total. The number of carbonyl (C=O) groups is 1. The molecule has 0 bridgehead atoms. The van der Waals surface area contributed by atoms with Crippen molar-refractivity contribution in [3.8, 4) is 5.75 Å². The fraction of sp³-hybridized carbons (Fsp3) is 0.526. The number of carbonyl (C=O) groups excluding carboxylic acids is 1. The van der Waals surface area contributed by atoms with E-state index in [1.807, 2.05) is 24.3 Å². The minimum Gasteiger partial charge on any atom is -0.494 e. The van der Waals surface area contributed by atoms with Crippen LogP contribution < -0.4 is 4.74 Å². The molecular formula is C19H28O3. The van der Waals surface area contributed by atoms with Crippen molar-refractivity contribution in [3.63, 3.8) is 0 Å². The molecule has 0 unspecified atom stereocenters. The first-order valence-corrected chi connectivity index (χ1v) is 8.05. The van der Waals surface area contributed by atoms with E-state index >= 15 is 0 Å².